The molecular weight excluding hydrogens is 650 g/mol. The number of phenolic OH excluding ortho intramolecular Hbond substituents is 1. The molecule has 2 amide bonds. The fourth-order valence-electron chi connectivity index (χ4n) is 6.21. The Bertz CT molecular complexity index is 1700. The molecule has 1 aliphatic heterocycles. The van der Waals surface area contributed by atoms with Crippen molar-refractivity contribution in [3.63, 3.8) is 0 Å². The maximum atomic E-state index is 12.8. The van der Waals surface area contributed by atoms with Crippen molar-refractivity contribution >= 4 is 12.0 Å². The monoisotopic (exact) mass is 697 g/mol. The molecule has 0 aliphatic carbocycles. The fourth-order valence-corrected chi connectivity index (χ4v) is 6.21. The number of benzene rings is 4. The highest BCUT2D eigenvalue weighted by Gasteiger charge is 2.39. The molecule has 0 saturated carbocycles. The van der Waals surface area contributed by atoms with Crippen LogP contribution in [0.15, 0.2) is 103 Å². The molecule has 0 aromatic heterocycles. The topological polar surface area (TPSA) is 150 Å². The first-order valence-electron chi connectivity index (χ1n) is 17.0. The number of urea groups is 1. The van der Waals surface area contributed by atoms with Crippen LogP contribution in [0.2, 0.25) is 0 Å². The molecule has 11 nitrogen and oxygen atoms in total. The van der Waals surface area contributed by atoms with Gasteiger partial charge in [-0.25, -0.2) is 9.59 Å². The van der Waals surface area contributed by atoms with Crippen molar-refractivity contribution in [3.05, 3.63) is 137 Å². The zero-order valence-corrected chi connectivity index (χ0v) is 29.1. The van der Waals surface area contributed by atoms with Crippen molar-refractivity contribution in [3.8, 4) is 5.75 Å². The highest BCUT2D eigenvalue weighted by atomic mass is 16.7. The number of aliphatic hydroxyl groups is 2. The molecule has 270 valence electrons. The van der Waals surface area contributed by atoms with Crippen LogP contribution in [0, 0.1) is 5.92 Å². The SMILES string of the molecule is COC(=O)[C@H](Cc1ccccc1)NC(=O)NCc1ccc([C@@H]2O[C@H](CN(C)C[C@@H](O)c3cccc(O)c3)[C@H](C)[C@H](c3ccc(CO)cc3)O2)cc1. The second-order valence-corrected chi connectivity index (χ2v) is 13.0. The van der Waals surface area contributed by atoms with Crippen molar-refractivity contribution in [1.29, 1.82) is 0 Å². The summed E-state index contributed by atoms with van der Waals surface area (Å²) in [6, 6.07) is 30.0. The number of aliphatic hydroxyl groups excluding tert-OH is 2. The molecule has 5 N–H and O–H groups in total. The van der Waals surface area contributed by atoms with Crippen LogP contribution >= 0.6 is 0 Å². The number of nitrogens with one attached hydrogen (secondary N) is 2. The van der Waals surface area contributed by atoms with E-state index < -0.39 is 30.4 Å². The molecule has 51 heavy (non-hydrogen) atoms. The Balaban J connectivity index is 1.24. The number of carbonyl (C=O) groups is 2. The Labute approximate surface area is 298 Å². The Morgan fingerprint density at radius 3 is 2.24 bits per heavy atom. The van der Waals surface area contributed by atoms with Gasteiger partial charge < -0.3 is 45.1 Å². The van der Waals surface area contributed by atoms with E-state index >= 15 is 0 Å². The number of likely N-dealkylation sites (N-methyl/N-ethyl adjacent to an activating group) is 1. The number of methoxy groups -OCH3 is 1. The molecule has 1 fully saturated rings. The minimum absolute atomic E-state index is 0.0511. The summed E-state index contributed by atoms with van der Waals surface area (Å²) in [6.45, 7) is 3.10. The van der Waals surface area contributed by atoms with Crippen LogP contribution in [0.4, 0.5) is 4.79 Å². The molecule has 1 aliphatic rings. The number of hydrogen-bond donors (Lipinski definition) is 5. The van der Waals surface area contributed by atoms with Crippen molar-refractivity contribution in [2.45, 2.75) is 57.1 Å². The normalized spacial score (nSPS) is 20.0. The molecule has 4 aromatic rings. The average Bonchev–Trinajstić information content (AvgIpc) is 3.15. The van der Waals surface area contributed by atoms with Crippen LogP contribution in [-0.4, -0.2) is 71.6 Å². The first-order valence-corrected chi connectivity index (χ1v) is 17.0. The third kappa shape index (κ3) is 10.4. The summed E-state index contributed by atoms with van der Waals surface area (Å²) in [7, 11) is 3.21. The van der Waals surface area contributed by atoms with E-state index in [9.17, 15) is 24.9 Å². The van der Waals surface area contributed by atoms with Gasteiger partial charge in [-0.05, 0) is 47.0 Å². The molecule has 0 spiro atoms. The molecule has 0 radical (unpaired) electrons. The lowest BCUT2D eigenvalue weighted by atomic mass is 9.90. The number of hydrogen-bond acceptors (Lipinski definition) is 9. The van der Waals surface area contributed by atoms with Gasteiger partial charge in [0.1, 0.15) is 11.8 Å². The number of carbonyl (C=O) groups excluding carboxylic acids is 2. The van der Waals surface area contributed by atoms with Crippen molar-refractivity contribution in [2.75, 3.05) is 27.2 Å². The predicted molar refractivity (Wildman–Crippen MR) is 191 cm³/mol. The Morgan fingerprint density at radius 1 is 0.882 bits per heavy atom. The summed E-state index contributed by atoms with van der Waals surface area (Å²) in [5, 5.41) is 35.8. The number of ether oxygens (including phenoxy) is 3. The summed E-state index contributed by atoms with van der Waals surface area (Å²) in [5.74, 6) is -0.483. The number of aromatic hydroxyl groups is 1. The molecule has 11 heteroatoms. The number of nitrogens with zero attached hydrogens (tertiary/aromatic N) is 1. The second kappa shape index (κ2) is 17.9. The number of amides is 2. The quantitative estimate of drug-likeness (QED) is 0.116. The summed E-state index contributed by atoms with van der Waals surface area (Å²) in [4.78, 5) is 27.1. The predicted octanol–water partition coefficient (Wildman–Crippen LogP) is 4.92. The molecule has 1 heterocycles. The van der Waals surface area contributed by atoms with Crippen LogP contribution in [0.25, 0.3) is 0 Å². The maximum Gasteiger partial charge on any atom is 0.328 e. The van der Waals surface area contributed by atoms with Crippen LogP contribution in [0.3, 0.4) is 0 Å². The number of phenols is 1. The minimum atomic E-state index is -0.836. The molecule has 6 atom stereocenters. The minimum Gasteiger partial charge on any atom is -0.508 e. The van der Waals surface area contributed by atoms with Gasteiger partial charge in [-0.15, -0.1) is 0 Å². The van der Waals surface area contributed by atoms with Gasteiger partial charge in [0.2, 0.25) is 0 Å². The van der Waals surface area contributed by atoms with Crippen LogP contribution in [-0.2, 0) is 38.6 Å². The zero-order chi connectivity index (χ0) is 36.3. The summed E-state index contributed by atoms with van der Waals surface area (Å²) >= 11 is 0. The van der Waals surface area contributed by atoms with Gasteiger partial charge >= 0.3 is 12.0 Å². The Hall–Kier alpha value is -4.78. The van der Waals surface area contributed by atoms with E-state index in [2.05, 4.69) is 17.6 Å². The molecule has 1 saturated heterocycles. The van der Waals surface area contributed by atoms with Crippen molar-refractivity contribution in [1.82, 2.24) is 15.5 Å². The summed E-state index contributed by atoms with van der Waals surface area (Å²) < 4.78 is 18.1. The highest BCUT2D eigenvalue weighted by Crippen LogP contribution is 2.42. The first kappa shape index (κ1) is 37.5. The lowest BCUT2D eigenvalue weighted by Gasteiger charge is -2.42. The van der Waals surface area contributed by atoms with Crippen molar-refractivity contribution in [2.24, 2.45) is 5.92 Å². The lowest BCUT2D eigenvalue weighted by Crippen LogP contribution is -2.47. The van der Waals surface area contributed by atoms with E-state index in [1.165, 1.54) is 7.11 Å². The van der Waals surface area contributed by atoms with Gasteiger partial charge in [0, 0.05) is 37.5 Å². The third-order valence-electron chi connectivity index (χ3n) is 9.13. The average molecular weight is 698 g/mol. The van der Waals surface area contributed by atoms with E-state index in [1.54, 1.807) is 24.3 Å². The first-order chi connectivity index (χ1) is 24.6. The lowest BCUT2D eigenvalue weighted by molar-refractivity contribution is -0.276. The van der Waals surface area contributed by atoms with Gasteiger partial charge in [-0.2, -0.15) is 0 Å². The van der Waals surface area contributed by atoms with E-state index in [0.29, 0.717) is 25.1 Å². The highest BCUT2D eigenvalue weighted by molar-refractivity contribution is 5.83. The Morgan fingerprint density at radius 2 is 1.57 bits per heavy atom. The van der Waals surface area contributed by atoms with Gasteiger partial charge in [0.05, 0.1) is 32.0 Å². The number of esters is 1. The largest absolute Gasteiger partial charge is 0.508 e. The molecule has 4 aromatic carbocycles. The fraction of sp³-hybridized carbons (Fsp3) is 0.350. The van der Waals surface area contributed by atoms with Crippen LogP contribution < -0.4 is 10.6 Å². The summed E-state index contributed by atoms with van der Waals surface area (Å²) in [5.41, 5.74) is 4.93. The number of rotatable bonds is 14. The maximum absolute atomic E-state index is 12.8. The molecular formula is C40H47N3O8. The van der Waals surface area contributed by atoms with E-state index in [1.807, 2.05) is 90.8 Å². The Kier molecular flexibility index (Phi) is 13.2. The van der Waals surface area contributed by atoms with Crippen molar-refractivity contribution < 1.29 is 39.1 Å². The van der Waals surface area contributed by atoms with Crippen LogP contribution in [0.5, 0.6) is 5.75 Å². The third-order valence-corrected chi connectivity index (χ3v) is 9.13. The van der Waals surface area contributed by atoms with Crippen LogP contribution in [0.1, 0.15) is 58.8 Å². The second-order valence-electron chi connectivity index (χ2n) is 13.0. The standard InChI is InChI=1S/C40H47N3O8/c1-26-36(24-43(2)23-35(46)32-10-7-11-33(45)21-32)50-39(51-37(26)30-16-14-29(25-44)15-17-30)31-18-12-28(13-19-31)22-41-40(48)42-34(38(47)49-3)20-27-8-5-4-6-9-27/h4-19,21,26,34-37,39,44-46H,20,22-25H2,1-3H3,(H2,41,42,48)/t26-,34-,35+,36+,37+,39+/m0/s1. The van der Waals surface area contributed by atoms with Gasteiger partial charge in [0.25, 0.3) is 0 Å². The molecule has 0 bridgehead atoms. The smallest absolute Gasteiger partial charge is 0.328 e. The molecule has 5 rings (SSSR count). The van der Waals surface area contributed by atoms with E-state index in [4.69, 9.17) is 14.2 Å². The molecule has 0 unspecified atom stereocenters. The summed E-state index contributed by atoms with van der Waals surface area (Å²) in [6.07, 6.45) is -1.77. The van der Waals surface area contributed by atoms with Gasteiger partial charge in [-0.3, -0.25) is 0 Å². The van der Waals surface area contributed by atoms with E-state index in [0.717, 1.165) is 27.8 Å². The van der Waals surface area contributed by atoms with Gasteiger partial charge in [-0.1, -0.05) is 97.9 Å². The zero-order valence-electron chi connectivity index (χ0n) is 29.1. The van der Waals surface area contributed by atoms with E-state index in [-0.39, 0.29) is 37.0 Å². The van der Waals surface area contributed by atoms with Gasteiger partial charge in [0.15, 0.2) is 6.29 Å².